The van der Waals surface area contributed by atoms with Gasteiger partial charge in [0.2, 0.25) is 0 Å². The minimum atomic E-state index is -0.319. The van der Waals surface area contributed by atoms with Crippen molar-refractivity contribution < 1.29 is 4.39 Å². The lowest BCUT2D eigenvalue weighted by atomic mass is 10.2. The van der Waals surface area contributed by atoms with Gasteiger partial charge in [-0.2, -0.15) is 5.10 Å². The number of pyridine rings is 1. The normalized spacial score (nSPS) is 10.8. The maximum Gasteiger partial charge on any atom is 0.146 e. The first-order chi connectivity index (χ1) is 9.24. The van der Waals surface area contributed by atoms with Crippen molar-refractivity contribution >= 4 is 22.8 Å². The number of halogens is 2. The van der Waals surface area contributed by atoms with Crippen molar-refractivity contribution in [2.45, 2.75) is 6.54 Å². The molecular formula is C14H11ClFN3. The van der Waals surface area contributed by atoms with E-state index in [1.165, 1.54) is 12.1 Å². The van der Waals surface area contributed by atoms with Gasteiger partial charge in [-0.15, -0.1) is 0 Å². The van der Waals surface area contributed by atoms with E-state index >= 15 is 0 Å². The van der Waals surface area contributed by atoms with E-state index in [1.54, 1.807) is 16.8 Å². The third-order valence-electron chi connectivity index (χ3n) is 2.90. The molecule has 96 valence electrons. The van der Waals surface area contributed by atoms with Crippen LogP contribution in [0.4, 0.5) is 10.1 Å². The summed E-state index contributed by atoms with van der Waals surface area (Å²) in [5, 5.41) is 7.77. The van der Waals surface area contributed by atoms with Crippen LogP contribution in [0.15, 0.2) is 48.8 Å². The Hall–Kier alpha value is -2.07. The molecule has 19 heavy (non-hydrogen) atoms. The fraction of sp³-hybridized carbons (Fsp3) is 0.0714. The van der Waals surface area contributed by atoms with E-state index in [-0.39, 0.29) is 5.82 Å². The van der Waals surface area contributed by atoms with Crippen molar-refractivity contribution in [3.63, 3.8) is 0 Å². The van der Waals surface area contributed by atoms with E-state index < -0.39 is 0 Å². The number of aromatic nitrogens is 2. The van der Waals surface area contributed by atoms with Gasteiger partial charge in [0.15, 0.2) is 0 Å². The molecule has 2 aromatic heterocycles. The van der Waals surface area contributed by atoms with Crippen LogP contribution in [0, 0.1) is 5.82 Å². The summed E-state index contributed by atoms with van der Waals surface area (Å²) in [4.78, 5) is 0. The molecule has 3 aromatic rings. The van der Waals surface area contributed by atoms with Crippen LogP contribution in [0.3, 0.4) is 0 Å². The molecular weight excluding hydrogens is 265 g/mol. The van der Waals surface area contributed by atoms with Crippen LogP contribution in [-0.2, 0) is 6.54 Å². The molecule has 0 fully saturated rings. The molecule has 0 spiro atoms. The third kappa shape index (κ3) is 2.39. The number of hydrogen-bond donors (Lipinski definition) is 1. The van der Waals surface area contributed by atoms with Crippen molar-refractivity contribution in [1.82, 2.24) is 9.61 Å². The Morgan fingerprint density at radius 2 is 2.16 bits per heavy atom. The summed E-state index contributed by atoms with van der Waals surface area (Å²) in [6.45, 7) is 0.491. The van der Waals surface area contributed by atoms with Crippen molar-refractivity contribution in [3.05, 3.63) is 65.2 Å². The van der Waals surface area contributed by atoms with Crippen molar-refractivity contribution in [2.24, 2.45) is 0 Å². The summed E-state index contributed by atoms with van der Waals surface area (Å²) in [6.07, 6.45) is 3.64. The number of benzene rings is 1. The molecule has 0 atom stereocenters. The number of nitrogens with zero attached hydrogens (tertiary/aromatic N) is 2. The zero-order chi connectivity index (χ0) is 13.2. The average Bonchev–Trinajstić information content (AvgIpc) is 2.83. The second kappa shape index (κ2) is 4.90. The molecule has 0 aliphatic heterocycles. The number of fused-ring (bicyclic) bond motifs is 1. The van der Waals surface area contributed by atoms with Crippen molar-refractivity contribution in [3.8, 4) is 0 Å². The predicted molar refractivity (Wildman–Crippen MR) is 73.9 cm³/mol. The lowest BCUT2D eigenvalue weighted by Crippen LogP contribution is -2.01. The monoisotopic (exact) mass is 275 g/mol. The summed E-state index contributed by atoms with van der Waals surface area (Å²) in [5.74, 6) is -0.319. The number of anilines is 1. The molecule has 5 heteroatoms. The fourth-order valence-corrected chi connectivity index (χ4v) is 2.12. The first-order valence-electron chi connectivity index (χ1n) is 5.84. The largest absolute Gasteiger partial charge is 0.378 e. The van der Waals surface area contributed by atoms with E-state index in [9.17, 15) is 4.39 Å². The minimum Gasteiger partial charge on any atom is -0.378 e. The molecule has 0 bridgehead atoms. The van der Waals surface area contributed by atoms with Gasteiger partial charge in [0, 0.05) is 23.3 Å². The lowest BCUT2D eigenvalue weighted by Gasteiger charge is -2.07. The third-order valence-corrected chi connectivity index (χ3v) is 3.14. The van der Waals surface area contributed by atoms with Gasteiger partial charge >= 0.3 is 0 Å². The van der Waals surface area contributed by atoms with E-state index in [1.807, 2.05) is 24.4 Å². The molecule has 1 N–H and O–H groups in total. The second-order valence-electron chi connectivity index (χ2n) is 4.18. The maximum atomic E-state index is 13.6. The van der Waals surface area contributed by atoms with Gasteiger partial charge in [0.1, 0.15) is 5.82 Å². The number of nitrogens with one attached hydrogen (secondary N) is 1. The van der Waals surface area contributed by atoms with Crippen LogP contribution in [0.2, 0.25) is 5.02 Å². The molecule has 0 unspecified atom stereocenters. The fourth-order valence-electron chi connectivity index (χ4n) is 1.95. The van der Waals surface area contributed by atoms with Crippen LogP contribution in [0.1, 0.15) is 5.56 Å². The van der Waals surface area contributed by atoms with Crippen LogP contribution in [0.25, 0.3) is 5.52 Å². The van der Waals surface area contributed by atoms with Gasteiger partial charge in [0.05, 0.1) is 17.4 Å². The lowest BCUT2D eigenvalue weighted by molar-refractivity contribution is 0.630. The molecule has 0 saturated carbocycles. The van der Waals surface area contributed by atoms with Crippen LogP contribution in [0.5, 0.6) is 0 Å². The Morgan fingerprint density at radius 1 is 1.26 bits per heavy atom. The van der Waals surface area contributed by atoms with Gasteiger partial charge in [-0.05, 0) is 30.3 Å². The second-order valence-corrected chi connectivity index (χ2v) is 4.61. The first kappa shape index (κ1) is 12.0. The smallest absolute Gasteiger partial charge is 0.146 e. The van der Waals surface area contributed by atoms with Crippen molar-refractivity contribution in [1.29, 1.82) is 0 Å². The maximum absolute atomic E-state index is 13.6. The quantitative estimate of drug-likeness (QED) is 0.789. The highest BCUT2D eigenvalue weighted by Crippen LogP contribution is 2.21. The van der Waals surface area contributed by atoms with Crippen LogP contribution in [-0.4, -0.2) is 9.61 Å². The number of hydrogen-bond acceptors (Lipinski definition) is 2. The minimum absolute atomic E-state index is 0.319. The van der Waals surface area contributed by atoms with E-state index in [2.05, 4.69) is 10.4 Å². The molecule has 3 rings (SSSR count). The predicted octanol–water partition coefficient (Wildman–Crippen LogP) is 3.74. The van der Waals surface area contributed by atoms with Gasteiger partial charge in [-0.3, -0.25) is 0 Å². The van der Waals surface area contributed by atoms with E-state index in [0.29, 0.717) is 17.3 Å². The Morgan fingerprint density at radius 3 is 3.05 bits per heavy atom. The molecule has 0 aliphatic carbocycles. The van der Waals surface area contributed by atoms with Crippen LogP contribution >= 0.6 is 11.6 Å². The summed E-state index contributed by atoms with van der Waals surface area (Å²) >= 11 is 5.85. The Labute approximate surface area is 114 Å². The topological polar surface area (TPSA) is 29.3 Å². The van der Waals surface area contributed by atoms with Gasteiger partial charge in [-0.25, -0.2) is 8.91 Å². The highest BCUT2D eigenvalue weighted by Gasteiger charge is 2.06. The highest BCUT2D eigenvalue weighted by atomic mass is 35.5. The van der Waals surface area contributed by atoms with E-state index in [0.717, 1.165) is 11.1 Å². The SMILES string of the molecule is Fc1ccc(Cl)cc1NCc1cnn2ccccc12. The molecule has 0 amide bonds. The molecule has 0 radical (unpaired) electrons. The molecule has 0 aliphatic rings. The first-order valence-corrected chi connectivity index (χ1v) is 6.22. The van der Waals surface area contributed by atoms with Gasteiger partial charge in [0.25, 0.3) is 0 Å². The Bertz CT molecular complexity index is 724. The zero-order valence-corrected chi connectivity index (χ0v) is 10.7. The summed E-state index contributed by atoms with van der Waals surface area (Å²) in [6, 6.07) is 10.3. The van der Waals surface area contributed by atoms with Crippen molar-refractivity contribution in [2.75, 3.05) is 5.32 Å². The van der Waals surface area contributed by atoms with Gasteiger partial charge in [-0.1, -0.05) is 17.7 Å². The summed E-state index contributed by atoms with van der Waals surface area (Å²) in [5.41, 5.74) is 2.39. The Kier molecular flexibility index (Phi) is 3.09. The Balaban J connectivity index is 1.84. The number of rotatable bonds is 3. The standard InChI is InChI=1S/C14H11ClFN3/c15-11-4-5-12(16)13(7-11)17-8-10-9-18-19-6-2-1-3-14(10)19/h1-7,9,17H,8H2. The van der Waals surface area contributed by atoms with E-state index in [4.69, 9.17) is 11.6 Å². The van der Waals surface area contributed by atoms with Gasteiger partial charge < -0.3 is 5.32 Å². The molecule has 1 aromatic carbocycles. The molecule has 0 saturated heterocycles. The molecule has 2 heterocycles. The molecule has 3 nitrogen and oxygen atoms in total. The average molecular weight is 276 g/mol. The van der Waals surface area contributed by atoms with Crippen LogP contribution < -0.4 is 5.32 Å². The highest BCUT2D eigenvalue weighted by molar-refractivity contribution is 6.30. The summed E-state index contributed by atoms with van der Waals surface area (Å²) in [7, 11) is 0. The summed E-state index contributed by atoms with van der Waals surface area (Å²) < 4.78 is 15.4. The zero-order valence-electron chi connectivity index (χ0n) is 9.98.